The van der Waals surface area contributed by atoms with Crippen LogP contribution in [0.3, 0.4) is 0 Å². The molecular weight excluding hydrogens is 246 g/mol. The summed E-state index contributed by atoms with van der Waals surface area (Å²) in [5, 5.41) is 13.4. The molecule has 1 unspecified atom stereocenters. The molecule has 0 saturated heterocycles. The van der Waals surface area contributed by atoms with E-state index in [1.165, 1.54) is 12.1 Å². The number of nitro groups is 1. The Morgan fingerprint density at radius 2 is 2.26 bits per heavy atom. The Morgan fingerprint density at radius 1 is 1.58 bits per heavy atom. The van der Waals surface area contributed by atoms with Crippen molar-refractivity contribution in [2.45, 2.75) is 32.2 Å². The third-order valence-corrected chi connectivity index (χ3v) is 3.34. The molecule has 1 saturated carbocycles. The Bertz CT molecular complexity index is 512. The average Bonchev–Trinajstić information content (AvgIpc) is 3.15. The van der Waals surface area contributed by atoms with Crippen LogP contribution < -0.4 is 11.1 Å². The monoisotopic (exact) mass is 263 g/mol. The van der Waals surface area contributed by atoms with E-state index in [2.05, 4.69) is 5.32 Å². The predicted octanol–water partition coefficient (Wildman–Crippen LogP) is 1.97. The van der Waals surface area contributed by atoms with E-state index in [9.17, 15) is 14.9 Å². The summed E-state index contributed by atoms with van der Waals surface area (Å²) in [5.41, 5.74) is 7.17. The van der Waals surface area contributed by atoms with Gasteiger partial charge in [-0.1, -0.05) is 0 Å². The maximum absolute atomic E-state index is 11.8. The van der Waals surface area contributed by atoms with Crippen molar-refractivity contribution in [1.82, 2.24) is 0 Å². The highest BCUT2D eigenvalue weighted by atomic mass is 16.6. The zero-order valence-electron chi connectivity index (χ0n) is 10.8. The molecule has 1 aliphatic carbocycles. The van der Waals surface area contributed by atoms with Gasteiger partial charge in [-0.05, 0) is 37.3 Å². The summed E-state index contributed by atoms with van der Waals surface area (Å²) in [5.74, 6) is 0.333. The number of nitrogens with zero attached hydrogens (tertiary/aromatic N) is 1. The predicted molar refractivity (Wildman–Crippen MR) is 71.8 cm³/mol. The van der Waals surface area contributed by atoms with E-state index >= 15 is 0 Å². The maximum atomic E-state index is 11.8. The number of hydrogen-bond acceptors (Lipinski definition) is 4. The summed E-state index contributed by atoms with van der Waals surface area (Å²) in [6.07, 6.45) is 2.50. The van der Waals surface area contributed by atoms with Crippen LogP contribution in [0.1, 0.15) is 24.8 Å². The molecule has 1 aromatic carbocycles. The SMILES string of the molecule is Cc1cc([N+](=O)[O-])ccc1NC(=O)CC(N)C1CC1. The molecule has 0 bridgehead atoms. The van der Waals surface area contributed by atoms with Crippen molar-refractivity contribution in [2.24, 2.45) is 11.7 Å². The fraction of sp³-hybridized carbons (Fsp3) is 0.462. The van der Waals surface area contributed by atoms with Crippen molar-refractivity contribution in [2.75, 3.05) is 5.32 Å². The lowest BCUT2D eigenvalue weighted by Crippen LogP contribution is -2.29. The second-order valence-electron chi connectivity index (χ2n) is 5.01. The summed E-state index contributed by atoms with van der Waals surface area (Å²) in [4.78, 5) is 22.0. The number of rotatable bonds is 5. The molecule has 0 spiro atoms. The molecule has 1 fully saturated rings. The topological polar surface area (TPSA) is 98.3 Å². The van der Waals surface area contributed by atoms with Crippen LogP contribution in [0.15, 0.2) is 18.2 Å². The highest BCUT2D eigenvalue weighted by Gasteiger charge is 2.29. The van der Waals surface area contributed by atoms with E-state index in [0.29, 0.717) is 23.6 Å². The number of nitro benzene ring substituents is 1. The normalized spacial score (nSPS) is 15.9. The average molecular weight is 263 g/mol. The molecule has 3 N–H and O–H groups in total. The van der Waals surface area contributed by atoms with Gasteiger partial charge in [-0.3, -0.25) is 14.9 Å². The Hall–Kier alpha value is -1.95. The number of nitrogens with one attached hydrogen (secondary N) is 1. The number of non-ortho nitro benzene ring substituents is 1. The summed E-state index contributed by atoms with van der Waals surface area (Å²) in [6.45, 7) is 1.73. The van der Waals surface area contributed by atoms with Crippen molar-refractivity contribution < 1.29 is 9.72 Å². The minimum atomic E-state index is -0.457. The molecule has 0 aliphatic heterocycles. The van der Waals surface area contributed by atoms with Crippen LogP contribution in [-0.2, 0) is 4.79 Å². The third-order valence-electron chi connectivity index (χ3n) is 3.34. The number of hydrogen-bond donors (Lipinski definition) is 2. The van der Waals surface area contributed by atoms with Gasteiger partial charge < -0.3 is 11.1 Å². The van der Waals surface area contributed by atoms with Gasteiger partial charge >= 0.3 is 0 Å². The summed E-state index contributed by atoms with van der Waals surface area (Å²) in [6, 6.07) is 4.28. The Labute approximate surface area is 111 Å². The third kappa shape index (κ3) is 3.51. The molecule has 19 heavy (non-hydrogen) atoms. The van der Waals surface area contributed by atoms with Gasteiger partial charge in [-0.25, -0.2) is 0 Å². The van der Waals surface area contributed by atoms with Crippen LogP contribution in [0, 0.1) is 23.0 Å². The number of aryl methyl sites for hydroxylation is 1. The summed E-state index contributed by atoms with van der Waals surface area (Å²) in [7, 11) is 0. The minimum absolute atomic E-state index is 0.0187. The van der Waals surface area contributed by atoms with E-state index in [1.54, 1.807) is 13.0 Å². The van der Waals surface area contributed by atoms with Gasteiger partial charge in [0.15, 0.2) is 0 Å². The summed E-state index contributed by atoms with van der Waals surface area (Å²) >= 11 is 0. The van der Waals surface area contributed by atoms with Crippen molar-refractivity contribution >= 4 is 17.3 Å². The van der Waals surface area contributed by atoms with Crippen LogP contribution in [0.2, 0.25) is 0 Å². The fourth-order valence-electron chi connectivity index (χ4n) is 2.01. The number of amides is 1. The van der Waals surface area contributed by atoms with E-state index in [4.69, 9.17) is 5.73 Å². The Kier molecular flexibility index (Phi) is 3.80. The van der Waals surface area contributed by atoms with Gasteiger partial charge in [-0.2, -0.15) is 0 Å². The molecule has 6 nitrogen and oxygen atoms in total. The molecular formula is C13H17N3O3. The molecule has 1 aromatic rings. The quantitative estimate of drug-likeness (QED) is 0.626. The van der Waals surface area contributed by atoms with Crippen molar-refractivity contribution in [3.8, 4) is 0 Å². The van der Waals surface area contributed by atoms with Crippen molar-refractivity contribution in [3.05, 3.63) is 33.9 Å². The van der Waals surface area contributed by atoms with Crippen molar-refractivity contribution in [1.29, 1.82) is 0 Å². The first-order valence-corrected chi connectivity index (χ1v) is 6.28. The van der Waals surface area contributed by atoms with E-state index < -0.39 is 4.92 Å². The van der Waals surface area contributed by atoms with Crippen LogP contribution in [0.5, 0.6) is 0 Å². The largest absolute Gasteiger partial charge is 0.327 e. The van der Waals surface area contributed by atoms with Gasteiger partial charge in [0.05, 0.1) is 4.92 Å². The first kappa shape index (κ1) is 13.5. The van der Waals surface area contributed by atoms with Crippen molar-refractivity contribution in [3.63, 3.8) is 0 Å². The number of benzene rings is 1. The van der Waals surface area contributed by atoms with Crippen LogP contribution in [0.25, 0.3) is 0 Å². The Balaban J connectivity index is 1.98. The second kappa shape index (κ2) is 5.36. The fourth-order valence-corrected chi connectivity index (χ4v) is 2.01. The molecule has 1 aliphatic rings. The lowest BCUT2D eigenvalue weighted by Gasteiger charge is -2.12. The van der Waals surface area contributed by atoms with Gasteiger partial charge in [0, 0.05) is 30.3 Å². The molecule has 0 aromatic heterocycles. The summed E-state index contributed by atoms with van der Waals surface area (Å²) < 4.78 is 0. The molecule has 0 heterocycles. The molecule has 6 heteroatoms. The molecule has 1 atom stereocenters. The van der Waals surface area contributed by atoms with Gasteiger partial charge in [0.25, 0.3) is 5.69 Å². The highest BCUT2D eigenvalue weighted by Crippen LogP contribution is 2.33. The molecule has 2 rings (SSSR count). The second-order valence-corrected chi connectivity index (χ2v) is 5.01. The zero-order chi connectivity index (χ0) is 14.0. The lowest BCUT2D eigenvalue weighted by molar-refractivity contribution is -0.384. The highest BCUT2D eigenvalue weighted by molar-refractivity contribution is 5.92. The minimum Gasteiger partial charge on any atom is -0.327 e. The number of carbonyl (C=O) groups excluding carboxylic acids is 1. The van der Waals surface area contributed by atoms with E-state index in [1.807, 2.05) is 0 Å². The number of carbonyl (C=O) groups is 1. The number of nitrogens with two attached hydrogens (primary N) is 1. The molecule has 0 radical (unpaired) electrons. The van der Waals surface area contributed by atoms with E-state index in [0.717, 1.165) is 12.8 Å². The molecule has 102 valence electrons. The maximum Gasteiger partial charge on any atom is 0.269 e. The van der Waals surface area contributed by atoms with E-state index in [-0.39, 0.29) is 17.6 Å². The van der Waals surface area contributed by atoms with Gasteiger partial charge in [-0.15, -0.1) is 0 Å². The van der Waals surface area contributed by atoms with Crippen LogP contribution in [-0.4, -0.2) is 16.9 Å². The standard InChI is InChI=1S/C13H17N3O3/c1-8-6-10(16(18)19)4-5-12(8)15-13(17)7-11(14)9-2-3-9/h4-6,9,11H,2-3,7,14H2,1H3,(H,15,17). The molecule has 1 amide bonds. The first-order valence-electron chi connectivity index (χ1n) is 6.28. The van der Waals surface area contributed by atoms with Crippen LogP contribution >= 0.6 is 0 Å². The van der Waals surface area contributed by atoms with Crippen LogP contribution in [0.4, 0.5) is 11.4 Å². The first-order chi connectivity index (χ1) is 8.97. The smallest absolute Gasteiger partial charge is 0.269 e. The number of anilines is 1. The zero-order valence-corrected chi connectivity index (χ0v) is 10.8. The van der Waals surface area contributed by atoms with Gasteiger partial charge in [0.2, 0.25) is 5.91 Å². The van der Waals surface area contributed by atoms with Gasteiger partial charge in [0.1, 0.15) is 0 Å². The Morgan fingerprint density at radius 3 is 2.79 bits per heavy atom. The lowest BCUT2D eigenvalue weighted by atomic mass is 10.1.